The van der Waals surface area contributed by atoms with E-state index in [9.17, 15) is 4.79 Å². The molecule has 1 aromatic heterocycles. The second kappa shape index (κ2) is 9.16. The smallest absolute Gasteiger partial charge is 0.189 e. The van der Waals surface area contributed by atoms with Crippen LogP contribution in [0.3, 0.4) is 0 Å². The van der Waals surface area contributed by atoms with Gasteiger partial charge in [0, 0.05) is 28.0 Å². The van der Waals surface area contributed by atoms with Crippen LogP contribution in [0.15, 0.2) is 72.3 Å². The second-order valence-electron chi connectivity index (χ2n) is 8.12. The van der Waals surface area contributed by atoms with E-state index in [2.05, 4.69) is 11.1 Å². The maximum Gasteiger partial charge on any atom is 0.189 e. The number of ether oxygens (including phenoxy) is 2. The molecule has 0 aliphatic heterocycles. The highest BCUT2D eigenvalue weighted by atomic mass is 35.5. The first kappa shape index (κ1) is 21.9. The van der Waals surface area contributed by atoms with E-state index >= 15 is 0 Å². The summed E-state index contributed by atoms with van der Waals surface area (Å²) in [5.41, 5.74) is 6.07. The molecule has 0 N–H and O–H groups in total. The van der Waals surface area contributed by atoms with Crippen molar-refractivity contribution >= 4 is 46.5 Å². The number of allylic oxidation sites excluding steroid dienone is 1. The van der Waals surface area contributed by atoms with Crippen LogP contribution >= 0.6 is 11.6 Å². The molecule has 0 fully saturated rings. The Bertz CT molecular complexity index is 1490. The summed E-state index contributed by atoms with van der Waals surface area (Å²) in [4.78, 5) is 17.7. The zero-order chi connectivity index (χ0) is 23.7. The third kappa shape index (κ3) is 4.33. The number of hydrogen-bond donors (Lipinski definition) is 0. The van der Waals surface area contributed by atoms with Crippen molar-refractivity contribution in [1.82, 2.24) is 4.98 Å². The van der Waals surface area contributed by atoms with E-state index in [0.717, 1.165) is 38.9 Å². The Morgan fingerprint density at radius 1 is 0.882 bits per heavy atom. The van der Waals surface area contributed by atoms with Crippen molar-refractivity contribution in [3.8, 4) is 11.5 Å². The van der Waals surface area contributed by atoms with E-state index in [0.29, 0.717) is 28.5 Å². The number of pyridine rings is 1. The summed E-state index contributed by atoms with van der Waals surface area (Å²) in [7, 11) is 3.17. The molecule has 0 unspecified atom stereocenters. The molecule has 0 bridgehead atoms. The predicted molar refractivity (Wildman–Crippen MR) is 138 cm³/mol. The monoisotopic (exact) mass is 467 g/mol. The molecule has 1 heterocycles. The number of hydrogen-bond acceptors (Lipinski definition) is 4. The number of carbonyl (C=O) groups excluding carboxylic acids is 1. The molecule has 0 spiro atoms. The topological polar surface area (TPSA) is 48.4 Å². The molecule has 0 saturated carbocycles. The highest BCUT2D eigenvalue weighted by Gasteiger charge is 2.27. The van der Waals surface area contributed by atoms with Crippen LogP contribution in [0.4, 0.5) is 0 Å². The Balaban J connectivity index is 1.39. The predicted octanol–water partition coefficient (Wildman–Crippen LogP) is 6.90. The maximum absolute atomic E-state index is 13.0. The molecule has 5 rings (SSSR count). The van der Waals surface area contributed by atoms with Gasteiger partial charge in [0.2, 0.25) is 0 Å². The van der Waals surface area contributed by atoms with Gasteiger partial charge in [0.1, 0.15) is 0 Å². The quantitative estimate of drug-likeness (QED) is 0.299. The van der Waals surface area contributed by atoms with E-state index in [1.807, 2.05) is 72.8 Å². The Morgan fingerprint density at radius 3 is 2.47 bits per heavy atom. The fourth-order valence-corrected chi connectivity index (χ4v) is 4.35. The molecule has 3 aromatic carbocycles. The van der Waals surface area contributed by atoms with Crippen LogP contribution < -0.4 is 9.47 Å². The minimum atomic E-state index is 0.0240. The van der Waals surface area contributed by atoms with Gasteiger partial charge in [-0.3, -0.25) is 4.79 Å². The highest BCUT2D eigenvalue weighted by Crippen LogP contribution is 2.37. The first-order chi connectivity index (χ1) is 16.5. The number of aromatic nitrogens is 1. The molecular weight excluding hydrogens is 446 g/mol. The van der Waals surface area contributed by atoms with E-state index in [1.165, 1.54) is 0 Å². The van der Waals surface area contributed by atoms with Gasteiger partial charge in [-0.25, -0.2) is 4.98 Å². The van der Waals surface area contributed by atoms with Crippen LogP contribution in [0, 0.1) is 0 Å². The summed E-state index contributed by atoms with van der Waals surface area (Å²) in [6.45, 7) is 0. The zero-order valence-corrected chi connectivity index (χ0v) is 19.6. The van der Waals surface area contributed by atoms with Crippen LogP contribution in [0.25, 0.3) is 29.1 Å². The lowest BCUT2D eigenvalue weighted by Gasteiger charge is -2.08. The normalized spacial score (nSPS) is 14.2. The SMILES string of the molecule is COc1cc2c(cc1OC)C(=O)/C(=C/c1cccc(/C=C/c3ccc4ccc(Cl)cc4n3)c1)C2. The third-order valence-corrected chi connectivity index (χ3v) is 6.14. The van der Waals surface area contributed by atoms with Gasteiger partial charge in [-0.1, -0.05) is 48.0 Å². The zero-order valence-electron chi connectivity index (χ0n) is 18.8. The number of Topliss-reactive ketones (excluding diaryl/α,β-unsaturated/α-hetero) is 1. The van der Waals surface area contributed by atoms with E-state index in [4.69, 9.17) is 21.1 Å². The summed E-state index contributed by atoms with van der Waals surface area (Å²) in [5.74, 6) is 1.22. The van der Waals surface area contributed by atoms with Crippen molar-refractivity contribution in [2.45, 2.75) is 6.42 Å². The van der Waals surface area contributed by atoms with E-state index in [-0.39, 0.29) is 5.78 Å². The fraction of sp³-hybridized carbons (Fsp3) is 0.103. The lowest BCUT2D eigenvalue weighted by molar-refractivity contribution is 0.104. The van der Waals surface area contributed by atoms with Crippen molar-refractivity contribution in [2.75, 3.05) is 14.2 Å². The van der Waals surface area contributed by atoms with E-state index in [1.54, 1.807) is 20.3 Å². The van der Waals surface area contributed by atoms with Crippen molar-refractivity contribution in [2.24, 2.45) is 0 Å². The van der Waals surface area contributed by atoms with Gasteiger partial charge in [-0.2, -0.15) is 0 Å². The molecule has 5 heteroatoms. The van der Waals surface area contributed by atoms with Crippen LogP contribution in [0.5, 0.6) is 11.5 Å². The average molecular weight is 468 g/mol. The first-order valence-corrected chi connectivity index (χ1v) is 11.3. The second-order valence-corrected chi connectivity index (χ2v) is 8.55. The Labute approximate surface area is 203 Å². The maximum atomic E-state index is 13.0. The fourth-order valence-electron chi connectivity index (χ4n) is 4.19. The molecule has 0 radical (unpaired) electrons. The molecule has 0 atom stereocenters. The Morgan fingerprint density at radius 2 is 1.65 bits per heavy atom. The summed E-state index contributed by atoms with van der Waals surface area (Å²) >= 11 is 6.10. The Kier molecular flexibility index (Phi) is 5.91. The standard InChI is InChI=1S/C29H22ClNO3/c1-33-27-15-21-14-22(29(32)25(21)17-28(27)34-2)13-19-5-3-4-18(12-19)6-10-24-11-8-20-7-9-23(30)16-26(20)31-24/h3-13,15-17H,14H2,1-2H3/b10-6+,22-13+. The largest absolute Gasteiger partial charge is 0.493 e. The number of fused-ring (bicyclic) bond motifs is 2. The van der Waals surface area contributed by atoms with Gasteiger partial charge >= 0.3 is 0 Å². The number of methoxy groups -OCH3 is 2. The van der Waals surface area contributed by atoms with Gasteiger partial charge < -0.3 is 9.47 Å². The minimum Gasteiger partial charge on any atom is -0.493 e. The average Bonchev–Trinajstić information content (AvgIpc) is 3.15. The van der Waals surface area contributed by atoms with Crippen molar-refractivity contribution < 1.29 is 14.3 Å². The number of rotatable bonds is 5. The molecule has 4 aromatic rings. The van der Waals surface area contributed by atoms with Crippen LogP contribution in [0.1, 0.15) is 32.7 Å². The third-order valence-electron chi connectivity index (χ3n) is 5.90. The summed E-state index contributed by atoms with van der Waals surface area (Å²) in [5, 5.41) is 1.72. The van der Waals surface area contributed by atoms with Crippen molar-refractivity contribution in [1.29, 1.82) is 0 Å². The molecule has 0 saturated heterocycles. The molecule has 4 nitrogen and oxygen atoms in total. The summed E-state index contributed by atoms with van der Waals surface area (Å²) in [6, 6.07) is 21.4. The first-order valence-electron chi connectivity index (χ1n) is 10.9. The van der Waals surface area contributed by atoms with Gasteiger partial charge in [-0.15, -0.1) is 0 Å². The van der Waals surface area contributed by atoms with E-state index < -0.39 is 0 Å². The molecule has 34 heavy (non-hydrogen) atoms. The minimum absolute atomic E-state index is 0.0240. The molecule has 0 amide bonds. The molecule has 1 aliphatic rings. The molecule has 168 valence electrons. The van der Waals surface area contributed by atoms with Crippen LogP contribution in [0.2, 0.25) is 5.02 Å². The number of benzene rings is 3. The lowest BCUT2D eigenvalue weighted by Crippen LogP contribution is -1.97. The number of carbonyl (C=O) groups is 1. The highest BCUT2D eigenvalue weighted by molar-refractivity contribution is 6.31. The van der Waals surface area contributed by atoms with Crippen molar-refractivity contribution in [3.63, 3.8) is 0 Å². The number of nitrogens with zero attached hydrogens (tertiary/aromatic N) is 1. The molecule has 1 aliphatic carbocycles. The summed E-state index contributed by atoms with van der Waals surface area (Å²) < 4.78 is 10.7. The van der Waals surface area contributed by atoms with Crippen LogP contribution in [-0.4, -0.2) is 25.0 Å². The Hall–Kier alpha value is -3.89. The summed E-state index contributed by atoms with van der Waals surface area (Å²) in [6.07, 6.45) is 6.51. The van der Waals surface area contributed by atoms with Gasteiger partial charge in [0.05, 0.1) is 25.4 Å². The van der Waals surface area contributed by atoms with Gasteiger partial charge in [0.15, 0.2) is 17.3 Å². The van der Waals surface area contributed by atoms with Gasteiger partial charge in [0.25, 0.3) is 0 Å². The number of ketones is 1. The van der Waals surface area contributed by atoms with Gasteiger partial charge in [-0.05, 0) is 65.2 Å². The number of halogens is 1. The lowest BCUT2D eigenvalue weighted by atomic mass is 10.0. The van der Waals surface area contributed by atoms with Crippen molar-refractivity contribution in [3.05, 3.63) is 105 Å². The van der Waals surface area contributed by atoms with Crippen LogP contribution in [-0.2, 0) is 6.42 Å². The molecular formula is C29H22ClNO3.